The van der Waals surface area contributed by atoms with Crippen molar-refractivity contribution in [1.82, 2.24) is 4.98 Å². The normalized spacial score (nSPS) is 10.9. The first-order valence-electron chi connectivity index (χ1n) is 4.71. The summed E-state index contributed by atoms with van der Waals surface area (Å²) < 4.78 is 0.814. The Morgan fingerprint density at radius 1 is 1.07 bits per heavy atom. The summed E-state index contributed by atoms with van der Waals surface area (Å²) in [6, 6.07) is 9.61. The molecule has 3 aromatic rings. The molecule has 0 aliphatic carbocycles. The van der Waals surface area contributed by atoms with Crippen molar-refractivity contribution < 1.29 is 4.73 Å². The predicted octanol–water partition coefficient (Wildman–Crippen LogP) is 2.02. The molecule has 0 aliphatic heterocycles. The Labute approximate surface area is 86.2 Å². The van der Waals surface area contributed by atoms with Crippen LogP contribution in [0.15, 0.2) is 48.9 Å². The minimum atomic E-state index is 0.814. The molecule has 1 aromatic carbocycles. The topological polar surface area (TPSA) is 39.8 Å². The molecule has 15 heavy (non-hydrogen) atoms. The fourth-order valence-electron chi connectivity index (χ4n) is 1.81. The van der Waals surface area contributed by atoms with Crippen molar-refractivity contribution in [3.8, 4) is 0 Å². The van der Waals surface area contributed by atoms with E-state index >= 15 is 0 Å². The summed E-state index contributed by atoms with van der Waals surface area (Å²) in [4.78, 5) is 4.25. The Morgan fingerprint density at radius 3 is 2.93 bits per heavy atom. The van der Waals surface area contributed by atoms with E-state index in [1.54, 1.807) is 12.4 Å². The van der Waals surface area contributed by atoms with E-state index in [4.69, 9.17) is 0 Å². The van der Waals surface area contributed by atoms with Gasteiger partial charge >= 0.3 is 0 Å². The summed E-state index contributed by atoms with van der Waals surface area (Å²) in [5, 5.41) is 14.2. The van der Waals surface area contributed by atoms with Gasteiger partial charge in [-0.3, -0.25) is 4.98 Å². The summed E-state index contributed by atoms with van der Waals surface area (Å²) in [5.41, 5.74) is 0.913. The summed E-state index contributed by atoms with van der Waals surface area (Å²) in [5.74, 6) is 0. The lowest BCUT2D eigenvalue weighted by atomic mass is 10.1. The highest BCUT2D eigenvalue weighted by Crippen LogP contribution is 2.21. The van der Waals surface area contributed by atoms with Gasteiger partial charge in [0, 0.05) is 17.6 Å². The molecule has 0 N–H and O–H groups in total. The first-order chi connectivity index (χ1) is 7.34. The van der Waals surface area contributed by atoms with Gasteiger partial charge < -0.3 is 5.21 Å². The largest absolute Gasteiger partial charge is 0.619 e. The average molecular weight is 196 g/mol. The van der Waals surface area contributed by atoms with Crippen molar-refractivity contribution in [2.75, 3.05) is 0 Å². The first kappa shape index (κ1) is 8.17. The fourth-order valence-corrected chi connectivity index (χ4v) is 1.81. The summed E-state index contributed by atoms with van der Waals surface area (Å²) in [7, 11) is 0. The van der Waals surface area contributed by atoms with Crippen LogP contribution in [0, 0.1) is 5.21 Å². The monoisotopic (exact) mass is 196 g/mol. The molecule has 0 saturated heterocycles. The lowest BCUT2D eigenvalue weighted by molar-refractivity contribution is -0.603. The van der Waals surface area contributed by atoms with Gasteiger partial charge in [-0.1, -0.05) is 12.1 Å². The number of pyridine rings is 2. The van der Waals surface area contributed by atoms with E-state index < -0.39 is 0 Å². The molecule has 3 nitrogen and oxygen atoms in total. The average Bonchev–Trinajstić information content (AvgIpc) is 2.29. The van der Waals surface area contributed by atoms with Gasteiger partial charge in [0.25, 0.3) is 0 Å². The number of nitrogens with zero attached hydrogens (tertiary/aromatic N) is 2. The van der Waals surface area contributed by atoms with Crippen LogP contribution >= 0.6 is 0 Å². The van der Waals surface area contributed by atoms with Crippen molar-refractivity contribution in [2.24, 2.45) is 0 Å². The highest BCUT2D eigenvalue weighted by Gasteiger charge is 2.03. The summed E-state index contributed by atoms with van der Waals surface area (Å²) in [6.45, 7) is 0. The third-order valence-electron chi connectivity index (χ3n) is 2.52. The smallest absolute Gasteiger partial charge is 0.188 e. The van der Waals surface area contributed by atoms with Crippen molar-refractivity contribution in [1.29, 1.82) is 0 Å². The molecule has 0 saturated carbocycles. The highest BCUT2D eigenvalue weighted by molar-refractivity contribution is 6.05. The van der Waals surface area contributed by atoms with Gasteiger partial charge in [0.2, 0.25) is 0 Å². The van der Waals surface area contributed by atoms with Gasteiger partial charge in [0.05, 0.1) is 10.9 Å². The van der Waals surface area contributed by atoms with E-state index in [-0.39, 0.29) is 0 Å². The van der Waals surface area contributed by atoms with E-state index in [9.17, 15) is 5.21 Å². The Kier molecular flexibility index (Phi) is 1.59. The zero-order valence-electron chi connectivity index (χ0n) is 7.92. The Morgan fingerprint density at radius 2 is 2.00 bits per heavy atom. The number of aromatic nitrogens is 2. The molecule has 3 rings (SSSR count). The molecule has 3 heteroatoms. The van der Waals surface area contributed by atoms with Gasteiger partial charge in [-0.05, 0) is 17.5 Å². The molecule has 0 atom stereocenters. The van der Waals surface area contributed by atoms with Crippen LogP contribution in [0.5, 0.6) is 0 Å². The fraction of sp³-hybridized carbons (Fsp3) is 0. The van der Waals surface area contributed by atoms with Gasteiger partial charge in [-0.25, -0.2) is 0 Å². The molecule has 2 aromatic heterocycles. The summed E-state index contributed by atoms with van der Waals surface area (Å²) in [6.07, 6.45) is 4.84. The Bertz CT molecular complexity index is 649. The minimum Gasteiger partial charge on any atom is -0.619 e. The second-order valence-corrected chi connectivity index (χ2v) is 3.44. The van der Waals surface area contributed by atoms with Gasteiger partial charge in [-0.15, -0.1) is 0 Å². The number of fused-ring (bicyclic) bond motifs is 3. The van der Waals surface area contributed by atoms with Crippen LogP contribution in [-0.2, 0) is 0 Å². The van der Waals surface area contributed by atoms with E-state index in [1.807, 2.05) is 30.3 Å². The molecule has 0 fully saturated rings. The van der Waals surface area contributed by atoms with Crippen LogP contribution in [0.4, 0.5) is 0 Å². The molecular formula is C12H8N2O. The maximum Gasteiger partial charge on any atom is 0.188 e. The lowest BCUT2D eigenvalue weighted by Gasteiger charge is -2.02. The van der Waals surface area contributed by atoms with Crippen molar-refractivity contribution in [3.05, 3.63) is 54.1 Å². The van der Waals surface area contributed by atoms with Gasteiger partial charge in [-0.2, -0.15) is 4.73 Å². The standard InChI is InChI=1S/C12H8N2O/c15-14-7-5-9-3-4-12-10(11(9)8-14)2-1-6-13-12/h1-8H. The Balaban J connectivity index is 2.57. The third kappa shape index (κ3) is 1.21. The second-order valence-electron chi connectivity index (χ2n) is 3.44. The van der Waals surface area contributed by atoms with Crippen LogP contribution < -0.4 is 4.73 Å². The molecule has 0 radical (unpaired) electrons. The highest BCUT2D eigenvalue weighted by atomic mass is 16.5. The third-order valence-corrected chi connectivity index (χ3v) is 2.52. The zero-order chi connectivity index (χ0) is 10.3. The number of benzene rings is 1. The molecular weight excluding hydrogens is 188 g/mol. The number of hydrogen-bond acceptors (Lipinski definition) is 2. The molecule has 0 aliphatic rings. The van der Waals surface area contributed by atoms with E-state index in [2.05, 4.69) is 4.98 Å². The van der Waals surface area contributed by atoms with Crippen LogP contribution in [0.2, 0.25) is 0 Å². The van der Waals surface area contributed by atoms with E-state index in [0.717, 1.165) is 26.4 Å². The molecule has 2 heterocycles. The lowest BCUT2D eigenvalue weighted by Crippen LogP contribution is -2.23. The maximum absolute atomic E-state index is 11.2. The molecule has 0 spiro atoms. The van der Waals surface area contributed by atoms with Gasteiger partial charge in [0.15, 0.2) is 12.4 Å². The summed E-state index contributed by atoms with van der Waals surface area (Å²) >= 11 is 0. The van der Waals surface area contributed by atoms with E-state index in [0.29, 0.717) is 0 Å². The second kappa shape index (κ2) is 2.92. The molecule has 0 amide bonds. The minimum absolute atomic E-state index is 0.814. The SMILES string of the molecule is [O-][n+]1ccc2ccc3ncccc3c2c1. The predicted molar refractivity (Wildman–Crippen MR) is 58.2 cm³/mol. The van der Waals surface area contributed by atoms with Crippen LogP contribution in [0.1, 0.15) is 0 Å². The number of rotatable bonds is 0. The number of hydrogen-bond donors (Lipinski definition) is 0. The molecule has 0 unspecified atom stereocenters. The van der Waals surface area contributed by atoms with Crippen LogP contribution in [0.25, 0.3) is 21.7 Å². The van der Waals surface area contributed by atoms with Gasteiger partial charge in [0.1, 0.15) is 0 Å². The molecule has 72 valence electrons. The van der Waals surface area contributed by atoms with E-state index in [1.165, 1.54) is 6.20 Å². The first-order valence-corrected chi connectivity index (χ1v) is 4.71. The molecule has 0 bridgehead atoms. The zero-order valence-corrected chi connectivity index (χ0v) is 7.92. The maximum atomic E-state index is 11.2. The van der Waals surface area contributed by atoms with Crippen molar-refractivity contribution in [3.63, 3.8) is 0 Å². The Hall–Kier alpha value is -2.16. The van der Waals surface area contributed by atoms with Crippen molar-refractivity contribution >= 4 is 21.7 Å². The van der Waals surface area contributed by atoms with Crippen LogP contribution in [0.3, 0.4) is 0 Å². The quantitative estimate of drug-likeness (QED) is 0.313. The van der Waals surface area contributed by atoms with Crippen molar-refractivity contribution in [2.45, 2.75) is 0 Å². The van der Waals surface area contributed by atoms with Crippen LogP contribution in [-0.4, -0.2) is 4.98 Å².